The third-order valence-electron chi connectivity index (χ3n) is 1.77. The van der Waals surface area contributed by atoms with Gasteiger partial charge in [-0.1, -0.05) is 11.6 Å². The Labute approximate surface area is 105 Å². The average molecular weight is 305 g/mol. The van der Waals surface area contributed by atoms with Crippen molar-refractivity contribution in [2.24, 2.45) is 0 Å². The topological polar surface area (TPSA) is 22.1 Å². The molecule has 0 saturated heterocycles. The van der Waals surface area contributed by atoms with Crippen molar-refractivity contribution in [1.29, 1.82) is 0 Å². The number of hydrogen-bond acceptors (Lipinski definition) is 3. The molecule has 2 aromatic rings. The summed E-state index contributed by atoms with van der Waals surface area (Å²) in [5.74, 6) is 0.611. The second-order valence-corrected chi connectivity index (χ2v) is 4.99. The third-order valence-corrected chi connectivity index (χ3v) is 3.96. The summed E-state index contributed by atoms with van der Waals surface area (Å²) in [6, 6.07) is 5.59. The summed E-state index contributed by atoms with van der Waals surface area (Å²) in [5, 5.41) is 2.40. The summed E-state index contributed by atoms with van der Waals surface area (Å²) >= 11 is 10.9. The minimum absolute atomic E-state index is 0.394. The Bertz CT molecular complexity index is 460. The summed E-state index contributed by atoms with van der Waals surface area (Å²) in [6.07, 6.45) is 1.64. The number of thiophene rings is 1. The van der Waals surface area contributed by atoms with E-state index in [2.05, 4.69) is 20.9 Å². The molecule has 0 atom stereocenters. The normalized spacial score (nSPS) is 10.3. The summed E-state index contributed by atoms with van der Waals surface area (Å²) in [7, 11) is 0. The van der Waals surface area contributed by atoms with E-state index in [1.165, 1.54) is 0 Å². The fraction of sp³-hybridized carbons (Fsp3) is 0.100. The lowest BCUT2D eigenvalue weighted by molar-refractivity contribution is 0.308. The SMILES string of the molecule is Clc1ncccc1OCc1sccc1Br. The predicted octanol–water partition coefficient (Wildman–Crippen LogP) is 4.14. The van der Waals surface area contributed by atoms with Crippen LogP contribution in [0.4, 0.5) is 0 Å². The van der Waals surface area contributed by atoms with Crippen molar-refractivity contribution in [3.63, 3.8) is 0 Å². The van der Waals surface area contributed by atoms with Crippen LogP contribution in [0.2, 0.25) is 5.15 Å². The van der Waals surface area contributed by atoms with Gasteiger partial charge in [-0.25, -0.2) is 4.98 Å². The number of nitrogens with zero attached hydrogens (tertiary/aromatic N) is 1. The van der Waals surface area contributed by atoms with E-state index in [0.29, 0.717) is 17.5 Å². The molecule has 0 aliphatic heterocycles. The highest BCUT2D eigenvalue weighted by molar-refractivity contribution is 9.10. The van der Waals surface area contributed by atoms with Gasteiger partial charge in [-0.15, -0.1) is 11.3 Å². The third kappa shape index (κ3) is 2.71. The highest BCUT2D eigenvalue weighted by atomic mass is 79.9. The lowest BCUT2D eigenvalue weighted by atomic mass is 10.4. The molecule has 5 heteroatoms. The van der Waals surface area contributed by atoms with E-state index < -0.39 is 0 Å². The number of rotatable bonds is 3. The van der Waals surface area contributed by atoms with Gasteiger partial charge in [0.05, 0.1) is 4.88 Å². The largest absolute Gasteiger partial charge is 0.485 e. The van der Waals surface area contributed by atoms with Crippen LogP contribution in [0.1, 0.15) is 4.88 Å². The van der Waals surface area contributed by atoms with Crippen LogP contribution in [0.15, 0.2) is 34.2 Å². The Hall–Kier alpha value is -0.580. The molecule has 0 amide bonds. The molecule has 2 rings (SSSR count). The van der Waals surface area contributed by atoms with Crippen LogP contribution in [0.25, 0.3) is 0 Å². The van der Waals surface area contributed by atoms with Gasteiger partial charge in [-0.05, 0) is 39.5 Å². The van der Waals surface area contributed by atoms with Crippen molar-refractivity contribution >= 4 is 38.9 Å². The maximum Gasteiger partial charge on any atom is 0.171 e. The zero-order valence-electron chi connectivity index (χ0n) is 7.61. The van der Waals surface area contributed by atoms with E-state index in [1.807, 2.05) is 11.4 Å². The van der Waals surface area contributed by atoms with E-state index in [9.17, 15) is 0 Å². The molecule has 0 aliphatic carbocycles. The number of aromatic nitrogens is 1. The second-order valence-electron chi connectivity index (χ2n) is 2.77. The first-order valence-electron chi connectivity index (χ1n) is 4.22. The van der Waals surface area contributed by atoms with Gasteiger partial charge in [0.25, 0.3) is 0 Å². The molecule has 0 bridgehead atoms. The highest BCUT2D eigenvalue weighted by Crippen LogP contribution is 2.26. The highest BCUT2D eigenvalue weighted by Gasteiger charge is 2.05. The van der Waals surface area contributed by atoms with E-state index in [-0.39, 0.29) is 0 Å². The predicted molar refractivity (Wildman–Crippen MR) is 65.6 cm³/mol. The zero-order chi connectivity index (χ0) is 10.7. The monoisotopic (exact) mass is 303 g/mol. The molecular formula is C10H7BrClNOS. The van der Waals surface area contributed by atoms with Crippen molar-refractivity contribution < 1.29 is 4.74 Å². The number of ether oxygens (including phenoxy) is 1. The smallest absolute Gasteiger partial charge is 0.171 e. The van der Waals surface area contributed by atoms with Crippen LogP contribution in [0, 0.1) is 0 Å². The molecule has 2 nitrogen and oxygen atoms in total. The van der Waals surface area contributed by atoms with Gasteiger partial charge < -0.3 is 4.74 Å². The van der Waals surface area contributed by atoms with E-state index in [0.717, 1.165) is 9.35 Å². The molecule has 0 unspecified atom stereocenters. The molecule has 0 aromatic carbocycles. The molecule has 0 radical (unpaired) electrons. The fourth-order valence-corrected chi connectivity index (χ4v) is 2.60. The van der Waals surface area contributed by atoms with Crippen LogP contribution in [0.3, 0.4) is 0 Å². The molecule has 0 N–H and O–H groups in total. The molecule has 0 aliphatic rings. The lowest BCUT2D eigenvalue weighted by Gasteiger charge is -2.05. The molecule has 15 heavy (non-hydrogen) atoms. The fourth-order valence-electron chi connectivity index (χ4n) is 1.05. The first kappa shape index (κ1) is 10.9. The Balaban J connectivity index is 2.06. The molecular weight excluding hydrogens is 298 g/mol. The average Bonchev–Trinajstić information content (AvgIpc) is 2.63. The maximum atomic E-state index is 5.86. The van der Waals surface area contributed by atoms with Gasteiger partial charge in [0.1, 0.15) is 6.61 Å². The minimum atomic E-state index is 0.394. The molecule has 2 aromatic heterocycles. The first-order valence-corrected chi connectivity index (χ1v) is 6.27. The number of hydrogen-bond donors (Lipinski definition) is 0. The van der Waals surface area contributed by atoms with Crippen LogP contribution >= 0.6 is 38.9 Å². The standard InChI is InChI=1S/C10H7BrClNOS/c11-7-3-5-15-9(7)6-14-8-2-1-4-13-10(8)12/h1-5H,6H2. The van der Waals surface area contributed by atoms with Gasteiger partial charge >= 0.3 is 0 Å². The number of pyridine rings is 1. The summed E-state index contributed by atoms with van der Waals surface area (Å²) in [5.41, 5.74) is 0. The zero-order valence-corrected chi connectivity index (χ0v) is 10.8. The molecule has 0 spiro atoms. The van der Waals surface area contributed by atoms with Crippen LogP contribution in [0.5, 0.6) is 5.75 Å². The summed E-state index contributed by atoms with van der Waals surface area (Å²) in [4.78, 5) is 5.07. The maximum absolute atomic E-state index is 5.86. The quantitative estimate of drug-likeness (QED) is 0.795. The minimum Gasteiger partial charge on any atom is -0.485 e. The van der Waals surface area contributed by atoms with Crippen molar-refractivity contribution in [3.05, 3.63) is 44.3 Å². The van der Waals surface area contributed by atoms with Gasteiger partial charge in [0.2, 0.25) is 0 Å². The van der Waals surface area contributed by atoms with Gasteiger partial charge in [-0.2, -0.15) is 0 Å². The molecule has 2 heterocycles. The van der Waals surface area contributed by atoms with Gasteiger partial charge in [0, 0.05) is 10.7 Å². The first-order chi connectivity index (χ1) is 7.27. The van der Waals surface area contributed by atoms with Gasteiger partial charge in [0.15, 0.2) is 10.9 Å². The van der Waals surface area contributed by atoms with E-state index in [4.69, 9.17) is 16.3 Å². The van der Waals surface area contributed by atoms with Crippen LogP contribution in [-0.4, -0.2) is 4.98 Å². The second kappa shape index (κ2) is 4.96. The van der Waals surface area contributed by atoms with Crippen molar-refractivity contribution in [3.8, 4) is 5.75 Å². The molecule has 0 fully saturated rings. The summed E-state index contributed by atoms with van der Waals surface area (Å²) < 4.78 is 6.61. The Morgan fingerprint density at radius 3 is 3.00 bits per heavy atom. The number of halogens is 2. The van der Waals surface area contributed by atoms with Crippen molar-refractivity contribution in [2.45, 2.75) is 6.61 Å². The Kier molecular flexibility index (Phi) is 3.61. The molecule has 0 saturated carbocycles. The van der Waals surface area contributed by atoms with Gasteiger partial charge in [-0.3, -0.25) is 0 Å². The lowest BCUT2D eigenvalue weighted by Crippen LogP contribution is -1.94. The van der Waals surface area contributed by atoms with Crippen molar-refractivity contribution in [2.75, 3.05) is 0 Å². The molecule has 78 valence electrons. The Morgan fingerprint density at radius 2 is 2.33 bits per heavy atom. The van der Waals surface area contributed by atoms with E-state index in [1.54, 1.807) is 29.7 Å². The van der Waals surface area contributed by atoms with Crippen LogP contribution < -0.4 is 4.74 Å². The summed E-state index contributed by atoms with van der Waals surface area (Å²) in [6.45, 7) is 0.504. The van der Waals surface area contributed by atoms with Crippen molar-refractivity contribution in [1.82, 2.24) is 4.98 Å². The van der Waals surface area contributed by atoms with E-state index >= 15 is 0 Å². The van der Waals surface area contributed by atoms with Crippen LogP contribution in [-0.2, 0) is 6.61 Å². The Morgan fingerprint density at radius 1 is 1.47 bits per heavy atom.